The van der Waals surface area contributed by atoms with Crippen molar-refractivity contribution in [3.63, 3.8) is 0 Å². The summed E-state index contributed by atoms with van der Waals surface area (Å²) in [6.07, 6.45) is -7.52. The van der Waals surface area contributed by atoms with Crippen LogP contribution in [0.15, 0.2) is 6.07 Å². The third-order valence-electron chi connectivity index (χ3n) is 4.86. The monoisotopic (exact) mass is 471 g/mol. The van der Waals surface area contributed by atoms with Gasteiger partial charge in [0.05, 0.1) is 17.3 Å². The smallest absolute Gasteiger partial charge is 0.356 e. The van der Waals surface area contributed by atoms with Gasteiger partial charge in [-0.2, -0.15) is 36.5 Å². The Bertz CT molecular complexity index is 945. The van der Waals surface area contributed by atoms with Gasteiger partial charge >= 0.3 is 12.4 Å². The average molecular weight is 472 g/mol. The van der Waals surface area contributed by atoms with Gasteiger partial charge in [-0.3, -0.25) is 14.2 Å². The normalized spacial score (nSPS) is 14.8. The molecule has 0 unspecified atom stereocenters. The fourth-order valence-electron chi connectivity index (χ4n) is 3.18. The zero-order valence-electron chi connectivity index (χ0n) is 16.4. The molecule has 6 nitrogen and oxygen atoms in total. The van der Waals surface area contributed by atoms with Gasteiger partial charge in [0.15, 0.2) is 11.4 Å². The van der Waals surface area contributed by atoms with Gasteiger partial charge in [0.1, 0.15) is 0 Å². The lowest BCUT2D eigenvalue weighted by Gasteiger charge is -2.09. The first-order valence-corrected chi connectivity index (χ1v) is 9.97. The third-order valence-corrected chi connectivity index (χ3v) is 5.23. The van der Waals surface area contributed by atoms with E-state index < -0.39 is 34.7 Å². The molecule has 0 saturated heterocycles. The number of nitrogens with one attached hydrogen (secondary N) is 1. The number of aromatic nitrogens is 4. The average Bonchev–Trinajstić information content (AvgIpc) is 3.32. The van der Waals surface area contributed by atoms with E-state index in [2.05, 4.69) is 15.5 Å². The molecule has 1 fully saturated rings. The molecule has 1 amide bonds. The van der Waals surface area contributed by atoms with E-state index >= 15 is 0 Å². The molecule has 31 heavy (non-hydrogen) atoms. The van der Waals surface area contributed by atoms with Crippen LogP contribution in [0.1, 0.15) is 54.4 Å². The van der Waals surface area contributed by atoms with Crippen LogP contribution < -0.4 is 5.32 Å². The number of hydrogen-bond donors (Lipinski definition) is 1. The van der Waals surface area contributed by atoms with Crippen LogP contribution in [0, 0.1) is 6.92 Å². The van der Waals surface area contributed by atoms with Crippen LogP contribution in [0.3, 0.4) is 0 Å². The molecule has 1 saturated carbocycles. The maximum Gasteiger partial charge on any atom is 0.436 e. The zero-order valence-corrected chi connectivity index (χ0v) is 17.2. The lowest BCUT2D eigenvalue weighted by Crippen LogP contribution is -2.26. The van der Waals surface area contributed by atoms with Crippen LogP contribution in [-0.4, -0.2) is 32.0 Å². The van der Waals surface area contributed by atoms with Crippen LogP contribution in [0.4, 0.5) is 26.3 Å². The van der Waals surface area contributed by atoms with Crippen molar-refractivity contribution in [2.45, 2.75) is 64.0 Å². The van der Waals surface area contributed by atoms with E-state index in [0.29, 0.717) is 17.8 Å². The Kier molecular flexibility index (Phi) is 6.59. The summed E-state index contributed by atoms with van der Waals surface area (Å²) in [6.45, 7) is 1.81. The molecule has 2 aromatic heterocycles. The van der Waals surface area contributed by atoms with Gasteiger partial charge in [0, 0.05) is 31.1 Å². The molecule has 1 aliphatic rings. The Labute approximate surface area is 178 Å². The highest BCUT2D eigenvalue weighted by molar-refractivity contribution is 6.32. The molecule has 1 aliphatic carbocycles. The molecule has 0 spiro atoms. The number of carbonyl (C=O) groups is 1. The lowest BCUT2D eigenvalue weighted by atomic mass is 10.2. The van der Waals surface area contributed by atoms with E-state index in [-0.39, 0.29) is 32.0 Å². The lowest BCUT2D eigenvalue weighted by molar-refractivity contribution is -0.142. The van der Waals surface area contributed by atoms with Crippen molar-refractivity contribution in [3.8, 4) is 0 Å². The molecule has 0 atom stereocenters. The molecule has 1 N–H and O–H groups in total. The molecule has 0 bridgehead atoms. The fraction of sp³-hybridized carbons (Fsp3) is 0.611. The Morgan fingerprint density at radius 3 is 2.35 bits per heavy atom. The first kappa shape index (κ1) is 23.4. The van der Waals surface area contributed by atoms with E-state index in [0.717, 1.165) is 23.6 Å². The second kappa shape index (κ2) is 8.71. The van der Waals surface area contributed by atoms with Gasteiger partial charge < -0.3 is 5.32 Å². The van der Waals surface area contributed by atoms with Crippen LogP contribution in [0.25, 0.3) is 0 Å². The first-order valence-electron chi connectivity index (χ1n) is 9.59. The van der Waals surface area contributed by atoms with Gasteiger partial charge in [-0.15, -0.1) is 0 Å². The van der Waals surface area contributed by atoms with Crippen molar-refractivity contribution in [1.29, 1.82) is 0 Å². The first-order chi connectivity index (χ1) is 14.4. The van der Waals surface area contributed by atoms with E-state index in [4.69, 9.17) is 11.6 Å². The fourth-order valence-corrected chi connectivity index (χ4v) is 3.58. The number of carbonyl (C=O) groups excluding carboxylic acids is 1. The number of rotatable bonds is 8. The minimum Gasteiger partial charge on any atom is -0.356 e. The summed E-state index contributed by atoms with van der Waals surface area (Å²) < 4.78 is 79.5. The maximum atomic E-state index is 13.1. The Balaban J connectivity index is 1.49. The number of nitrogens with zero attached hydrogens (tertiary/aromatic N) is 4. The summed E-state index contributed by atoms with van der Waals surface area (Å²) in [7, 11) is 0. The van der Waals surface area contributed by atoms with Crippen LogP contribution in [0.2, 0.25) is 5.02 Å². The number of amides is 1. The second-order valence-electron chi connectivity index (χ2n) is 7.39. The highest BCUT2D eigenvalue weighted by Crippen LogP contribution is 2.46. The summed E-state index contributed by atoms with van der Waals surface area (Å²) in [5.41, 5.74) is -1.47. The standard InChI is InChI=1S/C18H20ClF6N5O/c1-10-9-12(17(20,21)22)27-29(10)7-2-6-26-13(31)5-8-30-15(11-3-4-11)14(19)16(28-30)18(23,24)25/h9,11H,2-8H2,1H3,(H,26,31). The molecule has 0 aromatic carbocycles. The number of halogens is 7. The Morgan fingerprint density at radius 1 is 1.13 bits per heavy atom. The molecule has 0 aliphatic heterocycles. The van der Waals surface area contributed by atoms with Crippen LogP contribution >= 0.6 is 11.6 Å². The highest BCUT2D eigenvalue weighted by atomic mass is 35.5. The van der Waals surface area contributed by atoms with E-state index in [1.54, 1.807) is 0 Å². The van der Waals surface area contributed by atoms with E-state index in [1.807, 2.05) is 0 Å². The minimum atomic E-state index is -4.68. The quantitative estimate of drug-likeness (QED) is 0.454. The predicted octanol–water partition coefficient (Wildman–Crippen LogP) is 4.55. The molecule has 2 heterocycles. The summed E-state index contributed by atoms with van der Waals surface area (Å²) in [4.78, 5) is 12.0. The number of hydrogen-bond acceptors (Lipinski definition) is 3. The van der Waals surface area contributed by atoms with Crippen molar-refractivity contribution < 1.29 is 31.1 Å². The molecule has 3 rings (SSSR count). The highest BCUT2D eigenvalue weighted by Gasteiger charge is 2.42. The Morgan fingerprint density at radius 2 is 1.81 bits per heavy atom. The third kappa shape index (κ3) is 5.72. The van der Waals surface area contributed by atoms with Crippen LogP contribution in [-0.2, 0) is 30.2 Å². The molecule has 2 aromatic rings. The molecular weight excluding hydrogens is 452 g/mol. The van der Waals surface area contributed by atoms with Gasteiger partial charge in [-0.1, -0.05) is 11.6 Å². The summed E-state index contributed by atoms with van der Waals surface area (Å²) in [5.74, 6) is -0.492. The molecule has 0 radical (unpaired) electrons. The van der Waals surface area contributed by atoms with Gasteiger partial charge in [-0.05, 0) is 32.3 Å². The number of aryl methyl sites for hydroxylation is 3. The van der Waals surface area contributed by atoms with Gasteiger partial charge in [-0.25, -0.2) is 0 Å². The van der Waals surface area contributed by atoms with Crippen molar-refractivity contribution in [2.24, 2.45) is 0 Å². The minimum absolute atomic E-state index is 0.0549. The van der Waals surface area contributed by atoms with Crippen molar-refractivity contribution in [3.05, 3.63) is 33.9 Å². The SMILES string of the molecule is Cc1cc(C(F)(F)F)nn1CCCNC(=O)CCn1nc(C(F)(F)F)c(Cl)c1C1CC1. The van der Waals surface area contributed by atoms with Crippen molar-refractivity contribution >= 4 is 17.5 Å². The van der Waals surface area contributed by atoms with Gasteiger partial charge in [0.25, 0.3) is 0 Å². The topological polar surface area (TPSA) is 64.7 Å². The van der Waals surface area contributed by atoms with Crippen molar-refractivity contribution in [2.75, 3.05) is 6.54 Å². The number of alkyl halides is 6. The van der Waals surface area contributed by atoms with Crippen molar-refractivity contribution in [1.82, 2.24) is 24.9 Å². The summed E-state index contributed by atoms with van der Waals surface area (Å²) in [6, 6.07) is 0.945. The molecular formula is C18H20ClF6N5O. The molecule has 172 valence electrons. The summed E-state index contributed by atoms with van der Waals surface area (Å²) in [5, 5.41) is 9.24. The van der Waals surface area contributed by atoms with E-state index in [9.17, 15) is 31.1 Å². The zero-order chi connectivity index (χ0) is 23.0. The maximum absolute atomic E-state index is 13.1. The second-order valence-corrected chi connectivity index (χ2v) is 7.77. The summed E-state index contributed by atoms with van der Waals surface area (Å²) >= 11 is 5.89. The van der Waals surface area contributed by atoms with Crippen LogP contribution in [0.5, 0.6) is 0 Å². The Hall–Kier alpha value is -2.24. The predicted molar refractivity (Wildman–Crippen MR) is 98.4 cm³/mol. The van der Waals surface area contributed by atoms with E-state index in [1.165, 1.54) is 11.6 Å². The molecule has 13 heteroatoms. The van der Waals surface area contributed by atoms with Gasteiger partial charge in [0.2, 0.25) is 5.91 Å². The largest absolute Gasteiger partial charge is 0.436 e.